The van der Waals surface area contributed by atoms with Gasteiger partial charge in [0.2, 0.25) is 0 Å². The third-order valence-electron chi connectivity index (χ3n) is 8.28. The minimum atomic E-state index is -4.87. The SMILES string of the molecule is C/C=C/CC[C@@H]1CC[C@H]2[C@H](CC[C@H]3CC(c4ccc(OC(F)(F)F)c(F)c4)CC[C@@H]32)C1. The summed E-state index contributed by atoms with van der Waals surface area (Å²) in [4.78, 5) is 0. The lowest BCUT2D eigenvalue weighted by Gasteiger charge is -2.51. The first-order chi connectivity index (χ1) is 14.8. The molecular weight excluding hydrogens is 404 g/mol. The van der Waals surface area contributed by atoms with Gasteiger partial charge < -0.3 is 4.74 Å². The minimum absolute atomic E-state index is 0.240. The summed E-state index contributed by atoms with van der Waals surface area (Å²) in [6, 6.07) is 4.01. The highest BCUT2D eigenvalue weighted by Gasteiger charge is 2.44. The highest BCUT2D eigenvalue weighted by molar-refractivity contribution is 5.32. The molecule has 5 heteroatoms. The average Bonchev–Trinajstić information content (AvgIpc) is 2.74. The zero-order valence-corrected chi connectivity index (χ0v) is 18.3. The van der Waals surface area contributed by atoms with Gasteiger partial charge in [-0.3, -0.25) is 0 Å². The molecule has 0 saturated heterocycles. The molecule has 3 fully saturated rings. The molecule has 0 aliphatic heterocycles. The zero-order valence-electron chi connectivity index (χ0n) is 18.3. The van der Waals surface area contributed by atoms with E-state index in [2.05, 4.69) is 23.8 Å². The summed E-state index contributed by atoms with van der Waals surface area (Å²) in [6.45, 7) is 2.09. The Morgan fingerprint density at radius 2 is 1.68 bits per heavy atom. The summed E-state index contributed by atoms with van der Waals surface area (Å²) < 4.78 is 55.2. The van der Waals surface area contributed by atoms with Crippen molar-refractivity contribution in [2.24, 2.45) is 29.6 Å². The predicted octanol–water partition coefficient (Wildman–Crippen LogP) is 8.41. The molecule has 1 aromatic rings. The van der Waals surface area contributed by atoms with Gasteiger partial charge in [-0.25, -0.2) is 4.39 Å². The van der Waals surface area contributed by atoms with Crippen molar-refractivity contribution < 1.29 is 22.3 Å². The van der Waals surface area contributed by atoms with Crippen molar-refractivity contribution in [1.82, 2.24) is 0 Å². The van der Waals surface area contributed by atoms with E-state index in [-0.39, 0.29) is 5.92 Å². The standard InChI is InChI=1S/C26H34F4O/c1-2-3-4-5-17-6-11-22-20(14-17)7-8-21-15-18(9-12-23(21)22)19-10-13-25(24(27)16-19)31-26(28,29)30/h2-3,10,13,16-18,20-23H,4-9,11-12,14-15H2,1H3/b3-2+/t17-,18?,20-,21+,22+,23+/m1/s1. The van der Waals surface area contributed by atoms with E-state index in [1.165, 1.54) is 57.4 Å². The molecule has 3 aliphatic rings. The molecule has 0 spiro atoms. The second kappa shape index (κ2) is 9.54. The van der Waals surface area contributed by atoms with E-state index < -0.39 is 17.9 Å². The largest absolute Gasteiger partial charge is 0.573 e. The van der Waals surface area contributed by atoms with E-state index in [4.69, 9.17) is 0 Å². The van der Waals surface area contributed by atoms with Crippen LogP contribution < -0.4 is 4.74 Å². The molecule has 3 aliphatic carbocycles. The number of ether oxygens (including phenoxy) is 1. The Hall–Kier alpha value is -1.52. The van der Waals surface area contributed by atoms with Gasteiger partial charge in [-0.05, 0) is 118 Å². The van der Waals surface area contributed by atoms with E-state index in [1.54, 1.807) is 6.07 Å². The number of alkyl halides is 3. The summed E-state index contributed by atoms with van der Waals surface area (Å²) in [5.74, 6) is 2.64. The van der Waals surface area contributed by atoms with Gasteiger partial charge in [0.1, 0.15) is 0 Å². The van der Waals surface area contributed by atoms with Gasteiger partial charge in [0.05, 0.1) is 0 Å². The van der Waals surface area contributed by atoms with Gasteiger partial charge in [0.15, 0.2) is 11.6 Å². The van der Waals surface area contributed by atoms with Gasteiger partial charge in [-0.1, -0.05) is 24.6 Å². The number of fused-ring (bicyclic) bond motifs is 3. The van der Waals surface area contributed by atoms with E-state index in [0.717, 1.165) is 48.1 Å². The van der Waals surface area contributed by atoms with Gasteiger partial charge in [0, 0.05) is 0 Å². The van der Waals surface area contributed by atoms with Crippen LogP contribution in [0.2, 0.25) is 0 Å². The van der Waals surface area contributed by atoms with Crippen LogP contribution in [0.3, 0.4) is 0 Å². The van der Waals surface area contributed by atoms with Crippen LogP contribution in [-0.4, -0.2) is 6.36 Å². The molecule has 6 atom stereocenters. The number of benzene rings is 1. The van der Waals surface area contributed by atoms with Crippen molar-refractivity contribution in [3.63, 3.8) is 0 Å². The Balaban J connectivity index is 1.35. The molecule has 1 aromatic carbocycles. The number of rotatable bonds is 5. The van der Waals surface area contributed by atoms with Crippen molar-refractivity contribution in [1.29, 1.82) is 0 Å². The van der Waals surface area contributed by atoms with Gasteiger partial charge >= 0.3 is 6.36 Å². The van der Waals surface area contributed by atoms with Crippen molar-refractivity contribution in [3.05, 3.63) is 41.7 Å². The van der Waals surface area contributed by atoms with Crippen molar-refractivity contribution in [2.45, 2.75) is 83.4 Å². The lowest BCUT2D eigenvalue weighted by Crippen LogP contribution is -2.41. The minimum Gasteiger partial charge on any atom is -0.403 e. The first-order valence-corrected chi connectivity index (χ1v) is 12.0. The smallest absolute Gasteiger partial charge is 0.403 e. The molecule has 0 heterocycles. The van der Waals surface area contributed by atoms with Crippen molar-refractivity contribution in [2.75, 3.05) is 0 Å². The van der Waals surface area contributed by atoms with Gasteiger partial charge in [-0.2, -0.15) is 0 Å². The summed E-state index contributed by atoms with van der Waals surface area (Å²) in [5.41, 5.74) is 0.820. The first-order valence-electron chi connectivity index (χ1n) is 12.0. The van der Waals surface area contributed by atoms with Crippen molar-refractivity contribution >= 4 is 0 Å². The molecule has 172 valence electrons. The average molecular weight is 439 g/mol. The summed E-state index contributed by atoms with van der Waals surface area (Å²) in [6.07, 6.45) is 12.0. The van der Waals surface area contributed by atoms with E-state index in [0.29, 0.717) is 5.92 Å². The Morgan fingerprint density at radius 1 is 0.968 bits per heavy atom. The fourth-order valence-corrected chi connectivity index (χ4v) is 6.93. The van der Waals surface area contributed by atoms with Crippen LogP contribution in [0.4, 0.5) is 17.6 Å². The molecule has 4 rings (SSSR count). The van der Waals surface area contributed by atoms with E-state index in [1.807, 2.05) is 0 Å². The van der Waals surface area contributed by atoms with Crippen molar-refractivity contribution in [3.8, 4) is 5.75 Å². The van der Waals surface area contributed by atoms with Crippen LogP contribution in [-0.2, 0) is 0 Å². The maximum absolute atomic E-state index is 14.2. The van der Waals surface area contributed by atoms with Crippen LogP contribution in [0.5, 0.6) is 5.75 Å². The number of hydrogen-bond donors (Lipinski definition) is 0. The van der Waals surface area contributed by atoms with Crippen LogP contribution >= 0.6 is 0 Å². The van der Waals surface area contributed by atoms with Crippen LogP contribution in [0, 0.1) is 35.4 Å². The summed E-state index contributed by atoms with van der Waals surface area (Å²) >= 11 is 0. The molecule has 3 saturated carbocycles. The molecule has 0 bridgehead atoms. The molecule has 0 amide bonds. The number of hydrogen-bond acceptors (Lipinski definition) is 1. The number of allylic oxidation sites excluding steroid dienone is 2. The predicted molar refractivity (Wildman–Crippen MR) is 114 cm³/mol. The van der Waals surface area contributed by atoms with Crippen LogP contribution in [0.15, 0.2) is 30.4 Å². The van der Waals surface area contributed by atoms with E-state index in [9.17, 15) is 17.6 Å². The van der Waals surface area contributed by atoms with Crippen LogP contribution in [0.1, 0.15) is 82.6 Å². The maximum Gasteiger partial charge on any atom is 0.573 e. The lowest BCUT2D eigenvalue weighted by atomic mass is 9.55. The fraction of sp³-hybridized carbons (Fsp3) is 0.692. The second-order valence-electron chi connectivity index (χ2n) is 10.00. The molecule has 1 nitrogen and oxygen atoms in total. The second-order valence-corrected chi connectivity index (χ2v) is 10.00. The van der Waals surface area contributed by atoms with Gasteiger partial charge in [0.25, 0.3) is 0 Å². The topological polar surface area (TPSA) is 9.23 Å². The highest BCUT2D eigenvalue weighted by atomic mass is 19.4. The molecule has 1 unspecified atom stereocenters. The third-order valence-corrected chi connectivity index (χ3v) is 8.28. The zero-order chi connectivity index (χ0) is 22.0. The Kier molecular flexibility index (Phi) is 6.98. The van der Waals surface area contributed by atoms with Gasteiger partial charge in [-0.15, -0.1) is 13.2 Å². The lowest BCUT2D eigenvalue weighted by molar-refractivity contribution is -0.275. The summed E-state index contributed by atoms with van der Waals surface area (Å²) in [7, 11) is 0. The number of halogens is 4. The Labute approximate surface area is 183 Å². The molecule has 31 heavy (non-hydrogen) atoms. The Morgan fingerprint density at radius 3 is 2.35 bits per heavy atom. The fourth-order valence-electron chi connectivity index (χ4n) is 6.93. The third kappa shape index (κ3) is 5.46. The quantitative estimate of drug-likeness (QED) is 0.331. The first kappa shape index (κ1) is 22.7. The molecular formula is C26H34F4O. The highest BCUT2D eigenvalue weighted by Crippen LogP contribution is 2.55. The Bertz CT molecular complexity index is 771. The van der Waals surface area contributed by atoms with Crippen LogP contribution in [0.25, 0.3) is 0 Å². The molecule has 0 radical (unpaired) electrons. The van der Waals surface area contributed by atoms with E-state index >= 15 is 0 Å². The summed E-state index contributed by atoms with van der Waals surface area (Å²) in [5, 5.41) is 0. The molecule has 0 aromatic heterocycles. The monoisotopic (exact) mass is 438 g/mol. The normalized spacial score (nSPS) is 33.7. The maximum atomic E-state index is 14.2. The molecule has 0 N–H and O–H groups in total.